The summed E-state index contributed by atoms with van der Waals surface area (Å²) < 4.78 is 23.3. The quantitative estimate of drug-likeness (QED) is 0.634. The molecular weight excluding hydrogens is 297 g/mol. The van der Waals surface area contributed by atoms with Gasteiger partial charge in [-0.15, -0.1) is 0 Å². The van der Waals surface area contributed by atoms with Crippen LogP contribution in [0.25, 0.3) is 0 Å². The summed E-state index contributed by atoms with van der Waals surface area (Å²) in [6.45, 7) is 0.907. The summed E-state index contributed by atoms with van der Waals surface area (Å²) in [6, 6.07) is 11.8. The van der Waals surface area contributed by atoms with Gasteiger partial charge in [-0.2, -0.15) is 0 Å². The van der Waals surface area contributed by atoms with E-state index in [4.69, 9.17) is 15.2 Å². The molecule has 2 aromatic rings. The predicted octanol–water partition coefficient (Wildman–Crippen LogP) is 2.45. The van der Waals surface area contributed by atoms with Gasteiger partial charge in [-0.25, -0.2) is 9.38 Å². The van der Waals surface area contributed by atoms with E-state index in [-0.39, 0.29) is 5.82 Å². The first kappa shape index (κ1) is 16.6. The average molecular weight is 317 g/mol. The van der Waals surface area contributed by atoms with Crippen LogP contribution in [0.4, 0.5) is 4.39 Å². The zero-order valence-electron chi connectivity index (χ0n) is 13.2. The molecule has 0 aliphatic rings. The summed E-state index contributed by atoms with van der Waals surface area (Å²) in [4.78, 5) is 4.27. The number of aliphatic imine (C=N–C) groups is 1. The number of nitrogens with one attached hydrogen (secondary N) is 1. The molecule has 2 rings (SSSR count). The number of guanidine groups is 1. The molecule has 0 bridgehead atoms. The van der Waals surface area contributed by atoms with E-state index in [0.29, 0.717) is 30.5 Å². The summed E-state index contributed by atoms with van der Waals surface area (Å²) in [5, 5.41) is 2.99. The first-order valence-corrected chi connectivity index (χ1v) is 7.11. The van der Waals surface area contributed by atoms with Gasteiger partial charge in [0.1, 0.15) is 5.82 Å². The van der Waals surface area contributed by atoms with Crippen molar-refractivity contribution in [1.29, 1.82) is 0 Å². The minimum absolute atomic E-state index is 0.260. The van der Waals surface area contributed by atoms with Crippen molar-refractivity contribution in [3.8, 4) is 11.5 Å². The molecule has 0 aliphatic heterocycles. The van der Waals surface area contributed by atoms with Gasteiger partial charge in [-0.05, 0) is 35.4 Å². The van der Waals surface area contributed by atoms with Gasteiger partial charge in [0.25, 0.3) is 0 Å². The molecule has 0 atom stereocenters. The van der Waals surface area contributed by atoms with Crippen molar-refractivity contribution in [2.24, 2.45) is 10.7 Å². The second kappa shape index (κ2) is 8.03. The van der Waals surface area contributed by atoms with Gasteiger partial charge in [-0.3, -0.25) is 0 Å². The topological polar surface area (TPSA) is 68.9 Å². The molecule has 0 aliphatic carbocycles. The van der Waals surface area contributed by atoms with E-state index in [0.717, 1.165) is 11.1 Å². The second-order valence-corrected chi connectivity index (χ2v) is 4.87. The predicted molar refractivity (Wildman–Crippen MR) is 88.1 cm³/mol. The van der Waals surface area contributed by atoms with Crippen LogP contribution in [0.3, 0.4) is 0 Å². The zero-order chi connectivity index (χ0) is 16.7. The van der Waals surface area contributed by atoms with Crippen molar-refractivity contribution >= 4 is 5.96 Å². The maximum absolute atomic E-state index is 12.8. The normalized spacial score (nSPS) is 11.2. The summed E-state index contributed by atoms with van der Waals surface area (Å²) in [5.74, 6) is 1.38. The lowest BCUT2D eigenvalue weighted by Gasteiger charge is -2.09. The Bertz CT molecular complexity index is 672. The third kappa shape index (κ3) is 4.88. The highest BCUT2D eigenvalue weighted by atomic mass is 19.1. The lowest BCUT2D eigenvalue weighted by atomic mass is 10.2. The van der Waals surface area contributed by atoms with Crippen LogP contribution in [0, 0.1) is 5.82 Å². The molecule has 0 unspecified atom stereocenters. The van der Waals surface area contributed by atoms with Crippen molar-refractivity contribution in [2.75, 3.05) is 14.2 Å². The van der Waals surface area contributed by atoms with Crippen molar-refractivity contribution in [3.63, 3.8) is 0 Å². The number of hydrogen-bond acceptors (Lipinski definition) is 3. The summed E-state index contributed by atoms with van der Waals surface area (Å²) in [7, 11) is 3.18. The smallest absolute Gasteiger partial charge is 0.189 e. The standard InChI is InChI=1S/C17H20FN3O2/c1-22-15-8-5-13(9-16(15)23-2)11-21-17(19)20-10-12-3-6-14(18)7-4-12/h3-9H,10-11H2,1-2H3,(H3,19,20,21). The Balaban J connectivity index is 1.92. The highest BCUT2D eigenvalue weighted by Crippen LogP contribution is 2.27. The highest BCUT2D eigenvalue weighted by molar-refractivity contribution is 5.77. The molecule has 0 saturated carbocycles. The Hall–Kier alpha value is -2.76. The van der Waals surface area contributed by atoms with Crippen molar-refractivity contribution in [2.45, 2.75) is 13.1 Å². The number of nitrogens with zero attached hydrogens (tertiary/aromatic N) is 1. The third-order valence-corrected chi connectivity index (χ3v) is 3.27. The summed E-state index contributed by atoms with van der Waals surface area (Å²) in [6.07, 6.45) is 0. The molecule has 0 saturated heterocycles. The fourth-order valence-corrected chi connectivity index (χ4v) is 2.01. The van der Waals surface area contributed by atoms with Gasteiger partial charge in [0.05, 0.1) is 20.8 Å². The van der Waals surface area contributed by atoms with E-state index in [1.54, 1.807) is 26.4 Å². The van der Waals surface area contributed by atoms with Crippen molar-refractivity contribution < 1.29 is 13.9 Å². The van der Waals surface area contributed by atoms with Crippen LogP contribution in [0.5, 0.6) is 11.5 Å². The summed E-state index contributed by atoms with van der Waals surface area (Å²) >= 11 is 0. The first-order chi connectivity index (χ1) is 11.1. The first-order valence-electron chi connectivity index (χ1n) is 7.11. The molecule has 0 aromatic heterocycles. The van der Waals surface area contributed by atoms with Gasteiger partial charge < -0.3 is 20.5 Å². The Labute approximate surface area is 134 Å². The number of benzene rings is 2. The third-order valence-electron chi connectivity index (χ3n) is 3.27. The van der Waals surface area contributed by atoms with Crippen LogP contribution >= 0.6 is 0 Å². The van der Waals surface area contributed by atoms with Gasteiger partial charge in [0.15, 0.2) is 17.5 Å². The van der Waals surface area contributed by atoms with Gasteiger partial charge in [0.2, 0.25) is 0 Å². The molecule has 0 fully saturated rings. The van der Waals surface area contributed by atoms with E-state index < -0.39 is 0 Å². The zero-order valence-corrected chi connectivity index (χ0v) is 13.2. The average Bonchev–Trinajstić information content (AvgIpc) is 2.59. The van der Waals surface area contributed by atoms with E-state index in [2.05, 4.69) is 10.3 Å². The summed E-state index contributed by atoms with van der Waals surface area (Å²) in [5.41, 5.74) is 7.71. The molecule has 0 heterocycles. The maximum atomic E-state index is 12.8. The Morgan fingerprint density at radius 1 is 1.04 bits per heavy atom. The lowest BCUT2D eigenvalue weighted by molar-refractivity contribution is 0.354. The fourth-order valence-electron chi connectivity index (χ4n) is 2.01. The molecule has 5 nitrogen and oxygen atoms in total. The number of hydrogen-bond donors (Lipinski definition) is 2. The van der Waals surface area contributed by atoms with Gasteiger partial charge in [0, 0.05) is 6.54 Å². The number of nitrogens with two attached hydrogens (primary N) is 1. The number of methoxy groups -OCH3 is 2. The largest absolute Gasteiger partial charge is 0.493 e. The van der Waals surface area contributed by atoms with Crippen LogP contribution in [0.1, 0.15) is 11.1 Å². The monoisotopic (exact) mass is 317 g/mol. The minimum atomic E-state index is -0.260. The van der Waals surface area contributed by atoms with Crippen LogP contribution in [0.15, 0.2) is 47.5 Å². The van der Waals surface area contributed by atoms with Gasteiger partial charge >= 0.3 is 0 Å². The van der Waals surface area contributed by atoms with Crippen LogP contribution < -0.4 is 20.5 Å². The number of halogens is 1. The molecular formula is C17H20FN3O2. The maximum Gasteiger partial charge on any atom is 0.189 e. The highest BCUT2D eigenvalue weighted by Gasteiger charge is 2.04. The van der Waals surface area contributed by atoms with Gasteiger partial charge in [-0.1, -0.05) is 18.2 Å². The van der Waals surface area contributed by atoms with Crippen LogP contribution in [-0.4, -0.2) is 20.2 Å². The Morgan fingerprint density at radius 2 is 1.70 bits per heavy atom. The van der Waals surface area contributed by atoms with Crippen LogP contribution in [-0.2, 0) is 13.1 Å². The van der Waals surface area contributed by atoms with E-state index in [9.17, 15) is 4.39 Å². The number of rotatable bonds is 6. The molecule has 6 heteroatoms. The lowest BCUT2D eigenvalue weighted by Crippen LogP contribution is -2.31. The fraction of sp³-hybridized carbons (Fsp3) is 0.235. The molecule has 2 aromatic carbocycles. The molecule has 0 spiro atoms. The SMILES string of the molecule is COc1ccc(CN=C(N)NCc2ccc(F)cc2)cc1OC. The Morgan fingerprint density at radius 3 is 2.35 bits per heavy atom. The van der Waals surface area contributed by atoms with E-state index in [1.807, 2.05) is 18.2 Å². The van der Waals surface area contributed by atoms with Crippen molar-refractivity contribution in [1.82, 2.24) is 5.32 Å². The molecule has 0 amide bonds. The van der Waals surface area contributed by atoms with Crippen LogP contribution in [0.2, 0.25) is 0 Å². The molecule has 0 radical (unpaired) electrons. The molecule has 122 valence electrons. The molecule has 3 N–H and O–H groups in total. The second-order valence-electron chi connectivity index (χ2n) is 4.87. The van der Waals surface area contributed by atoms with E-state index in [1.165, 1.54) is 12.1 Å². The van der Waals surface area contributed by atoms with E-state index >= 15 is 0 Å². The number of ether oxygens (including phenoxy) is 2. The Kier molecular flexibility index (Phi) is 5.80. The molecule has 23 heavy (non-hydrogen) atoms. The minimum Gasteiger partial charge on any atom is -0.493 e. The van der Waals surface area contributed by atoms with Crippen molar-refractivity contribution in [3.05, 3.63) is 59.4 Å².